The zero-order valence-electron chi connectivity index (χ0n) is 12.7. The fourth-order valence-corrected chi connectivity index (χ4v) is 2.05. The quantitative estimate of drug-likeness (QED) is 0.812. The summed E-state index contributed by atoms with van der Waals surface area (Å²) in [6.45, 7) is 6.10. The van der Waals surface area contributed by atoms with E-state index < -0.39 is 11.8 Å². The lowest BCUT2D eigenvalue weighted by atomic mass is 9.84. The van der Waals surface area contributed by atoms with Crippen molar-refractivity contribution in [3.8, 4) is 0 Å². The Kier molecular flexibility index (Phi) is 5.88. The van der Waals surface area contributed by atoms with Gasteiger partial charge < -0.3 is 10.4 Å². The minimum Gasteiger partial charge on any atom is -0.481 e. The second kappa shape index (κ2) is 7.20. The van der Waals surface area contributed by atoms with Gasteiger partial charge in [-0.25, -0.2) is 4.39 Å². The third kappa shape index (κ3) is 6.38. The minimum absolute atomic E-state index is 0.115. The topological polar surface area (TPSA) is 66.4 Å². The van der Waals surface area contributed by atoms with E-state index in [-0.39, 0.29) is 17.7 Å². The first-order valence-electron chi connectivity index (χ1n) is 6.97. The number of amides is 1. The monoisotopic (exact) mass is 295 g/mol. The number of hydrogen-bond acceptors (Lipinski definition) is 2. The van der Waals surface area contributed by atoms with E-state index in [1.165, 1.54) is 12.1 Å². The molecule has 2 N–H and O–H groups in total. The van der Waals surface area contributed by atoms with Gasteiger partial charge in [-0.2, -0.15) is 0 Å². The number of hydrogen-bond donors (Lipinski definition) is 2. The number of aryl methyl sites for hydroxylation is 1. The molecule has 0 bridgehead atoms. The number of benzene rings is 1. The Hall–Kier alpha value is -1.91. The van der Waals surface area contributed by atoms with Crippen LogP contribution in [0.5, 0.6) is 0 Å². The molecule has 4 nitrogen and oxygen atoms in total. The first kappa shape index (κ1) is 17.1. The first-order valence-corrected chi connectivity index (χ1v) is 6.97. The zero-order valence-corrected chi connectivity index (χ0v) is 12.7. The van der Waals surface area contributed by atoms with Crippen molar-refractivity contribution >= 4 is 11.9 Å². The van der Waals surface area contributed by atoms with Gasteiger partial charge in [0.1, 0.15) is 5.82 Å². The van der Waals surface area contributed by atoms with Crippen LogP contribution >= 0.6 is 0 Å². The van der Waals surface area contributed by atoms with Gasteiger partial charge in [0.2, 0.25) is 0 Å². The molecule has 0 atom stereocenters. The SMILES string of the molecule is Cc1cc(F)cc(C(=O)NCCC(C)(C)CCC(=O)O)c1. The Bertz CT molecular complexity index is 506. The Labute approximate surface area is 124 Å². The van der Waals surface area contributed by atoms with Crippen molar-refractivity contribution in [3.63, 3.8) is 0 Å². The van der Waals surface area contributed by atoms with Gasteiger partial charge in [0.25, 0.3) is 5.91 Å². The fourth-order valence-electron chi connectivity index (χ4n) is 2.05. The molecule has 5 heteroatoms. The standard InChI is InChI=1S/C16H22FNO3/c1-11-8-12(10-13(17)9-11)15(21)18-7-6-16(2,3)5-4-14(19)20/h8-10H,4-7H2,1-3H3,(H,18,21)(H,19,20). The van der Waals surface area contributed by atoms with Gasteiger partial charge in [0.05, 0.1) is 0 Å². The van der Waals surface area contributed by atoms with E-state index in [4.69, 9.17) is 5.11 Å². The van der Waals surface area contributed by atoms with Crippen LogP contribution in [0.4, 0.5) is 4.39 Å². The van der Waals surface area contributed by atoms with Gasteiger partial charge in [-0.05, 0) is 48.9 Å². The summed E-state index contributed by atoms with van der Waals surface area (Å²) in [7, 11) is 0. The molecule has 0 aliphatic rings. The number of carbonyl (C=O) groups excluding carboxylic acids is 1. The van der Waals surface area contributed by atoms with Gasteiger partial charge >= 0.3 is 5.97 Å². The Balaban J connectivity index is 2.47. The van der Waals surface area contributed by atoms with Crippen LogP contribution in [0.15, 0.2) is 18.2 Å². The molecule has 1 aromatic rings. The average Bonchev–Trinajstić information content (AvgIpc) is 2.35. The highest BCUT2D eigenvalue weighted by molar-refractivity contribution is 5.94. The summed E-state index contributed by atoms with van der Waals surface area (Å²) >= 11 is 0. The molecule has 0 aliphatic carbocycles. The molecule has 0 saturated heterocycles. The van der Waals surface area contributed by atoms with Gasteiger partial charge in [-0.1, -0.05) is 13.8 Å². The van der Waals surface area contributed by atoms with Crippen molar-refractivity contribution in [1.82, 2.24) is 5.32 Å². The van der Waals surface area contributed by atoms with Gasteiger partial charge in [-0.3, -0.25) is 9.59 Å². The van der Waals surface area contributed by atoms with Crippen LogP contribution in [0.2, 0.25) is 0 Å². The van der Waals surface area contributed by atoms with Crippen LogP contribution in [0.25, 0.3) is 0 Å². The van der Waals surface area contributed by atoms with E-state index in [9.17, 15) is 14.0 Å². The third-order valence-corrected chi connectivity index (χ3v) is 3.41. The number of carboxylic acid groups (broad SMARTS) is 1. The molecule has 0 aliphatic heterocycles. The summed E-state index contributed by atoms with van der Waals surface area (Å²) in [5.41, 5.74) is 0.835. The lowest BCUT2D eigenvalue weighted by Gasteiger charge is -2.23. The van der Waals surface area contributed by atoms with E-state index in [1.54, 1.807) is 13.0 Å². The Morgan fingerprint density at radius 3 is 2.48 bits per heavy atom. The molecule has 0 saturated carbocycles. The molecule has 0 aromatic heterocycles. The number of carboxylic acids is 1. The first-order chi connectivity index (χ1) is 9.69. The summed E-state index contributed by atoms with van der Waals surface area (Å²) in [4.78, 5) is 22.5. The Morgan fingerprint density at radius 1 is 1.24 bits per heavy atom. The van der Waals surface area contributed by atoms with Crippen molar-refractivity contribution in [2.45, 2.75) is 40.0 Å². The third-order valence-electron chi connectivity index (χ3n) is 3.41. The summed E-state index contributed by atoms with van der Waals surface area (Å²) in [6.07, 6.45) is 1.33. The number of nitrogens with one attached hydrogen (secondary N) is 1. The summed E-state index contributed by atoms with van der Waals surface area (Å²) in [5.74, 6) is -1.56. The lowest BCUT2D eigenvalue weighted by molar-refractivity contribution is -0.137. The van der Waals surface area contributed by atoms with Gasteiger partial charge in [0, 0.05) is 18.5 Å². The smallest absolute Gasteiger partial charge is 0.303 e. The van der Waals surface area contributed by atoms with Crippen LogP contribution in [-0.2, 0) is 4.79 Å². The van der Waals surface area contributed by atoms with Crippen molar-refractivity contribution < 1.29 is 19.1 Å². The molecule has 0 unspecified atom stereocenters. The largest absolute Gasteiger partial charge is 0.481 e. The molecule has 0 radical (unpaired) electrons. The summed E-state index contributed by atoms with van der Waals surface area (Å²) in [6, 6.07) is 4.21. The van der Waals surface area contributed by atoms with Crippen LogP contribution < -0.4 is 5.32 Å². The van der Waals surface area contributed by atoms with E-state index in [2.05, 4.69) is 5.32 Å². The summed E-state index contributed by atoms with van der Waals surface area (Å²) in [5, 5.41) is 11.4. The number of halogens is 1. The van der Waals surface area contributed by atoms with E-state index >= 15 is 0 Å². The minimum atomic E-state index is -0.817. The van der Waals surface area contributed by atoms with Crippen LogP contribution in [0.3, 0.4) is 0 Å². The van der Waals surface area contributed by atoms with Crippen molar-refractivity contribution in [2.24, 2.45) is 5.41 Å². The zero-order chi connectivity index (χ0) is 16.0. The molecule has 21 heavy (non-hydrogen) atoms. The molecule has 1 aromatic carbocycles. The maximum Gasteiger partial charge on any atom is 0.303 e. The highest BCUT2D eigenvalue weighted by atomic mass is 19.1. The molecule has 0 heterocycles. The number of aliphatic carboxylic acids is 1. The normalized spacial score (nSPS) is 11.2. The molecule has 1 rings (SSSR count). The van der Waals surface area contributed by atoms with Crippen molar-refractivity contribution in [1.29, 1.82) is 0 Å². The molecular weight excluding hydrogens is 273 g/mol. The molecule has 0 fully saturated rings. The highest BCUT2D eigenvalue weighted by Crippen LogP contribution is 2.26. The Morgan fingerprint density at radius 2 is 1.90 bits per heavy atom. The maximum absolute atomic E-state index is 13.2. The van der Waals surface area contributed by atoms with Crippen LogP contribution in [-0.4, -0.2) is 23.5 Å². The van der Waals surface area contributed by atoms with E-state index in [1.807, 2.05) is 13.8 Å². The fraction of sp³-hybridized carbons (Fsp3) is 0.500. The lowest BCUT2D eigenvalue weighted by Crippen LogP contribution is -2.28. The summed E-state index contributed by atoms with van der Waals surface area (Å²) < 4.78 is 13.2. The number of rotatable bonds is 7. The number of carbonyl (C=O) groups is 2. The van der Waals surface area contributed by atoms with Crippen molar-refractivity contribution in [3.05, 3.63) is 35.1 Å². The van der Waals surface area contributed by atoms with E-state index in [0.29, 0.717) is 30.5 Å². The second-order valence-electron chi connectivity index (χ2n) is 6.08. The van der Waals surface area contributed by atoms with Gasteiger partial charge in [-0.15, -0.1) is 0 Å². The predicted molar refractivity (Wildman–Crippen MR) is 78.7 cm³/mol. The van der Waals surface area contributed by atoms with Gasteiger partial charge in [0.15, 0.2) is 0 Å². The van der Waals surface area contributed by atoms with Crippen LogP contribution in [0, 0.1) is 18.2 Å². The van der Waals surface area contributed by atoms with E-state index in [0.717, 1.165) is 0 Å². The maximum atomic E-state index is 13.2. The molecule has 0 spiro atoms. The molecule has 116 valence electrons. The predicted octanol–water partition coefficient (Wildman–Crippen LogP) is 3.15. The molecule has 1 amide bonds. The average molecular weight is 295 g/mol. The molecular formula is C16H22FNO3. The highest BCUT2D eigenvalue weighted by Gasteiger charge is 2.19. The van der Waals surface area contributed by atoms with Crippen LogP contribution in [0.1, 0.15) is 49.0 Å². The second-order valence-corrected chi connectivity index (χ2v) is 6.08. The van der Waals surface area contributed by atoms with Crippen molar-refractivity contribution in [2.75, 3.05) is 6.54 Å².